The zero-order valence-electron chi connectivity index (χ0n) is 11.6. The van der Waals surface area contributed by atoms with Crippen LogP contribution in [0.2, 0.25) is 0 Å². The molecule has 0 aliphatic heterocycles. The Labute approximate surface area is 120 Å². The van der Waals surface area contributed by atoms with Crippen molar-refractivity contribution in [3.05, 3.63) is 30.4 Å². The summed E-state index contributed by atoms with van der Waals surface area (Å²) in [5.74, 6) is 1.64. The highest BCUT2D eigenvalue weighted by Crippen LogP contribution is 2.24. The molecule has 2 N–H and O–H groups in total. The van der Waals surface area contributed by atoms with E-state index in [1.165, 1.54) is 6.33 Å². The van der Waals surface area contributed by atoms with Gasteiger partial charge in [-0.05, 0) is 32.0 Å². The van der Waals surface area contributed by atoms with Crippen molar-refractivity contribution in [3.63, 3.8) is 0 Å². The minimum atomic E-state index is -1.28. The summed E-state index contributed by atoms with van der Waals surface area (Å²) in [6.07, 6.45) is 1.47. The van der Waals surface area contributed by atoms with Gasteiger partial charge in [-0.3, -0.25) is 4.21 Å². The van der Waals surface area contributed by atoms with Crippen molar-refractivity contribution >= 4 is 16.5 Å². The Bertz CT molecular complexity index is 612. The molecule has 0 radical (unpaired) electrons. The number of hydrogen-bond acceptors (Lipinski definition) is 5. The lowest BCUT2D eigenvalue weighted by Gasteiger charge is -2.09. The Kier molecular flexibility index (Phi) is 4.73. The molecule has 0 bridgehead atoms. The highest BCUT2D eigenvalue weighted by atomic mass is 32.2. The Morgan fingerprint density at radius 2 is 2.20 bits per heavy atom. The van der Waals surface area contributed by atoms with E-state index in [0.29, 0.717) is 35.3 Å². The highest BCUT2D eigenvalue weighted by Gasteiger charge is 2.14. The summed E-state index contributed by atoms with van der Waals surface area (Å²) in [4.78, 5) is 4.70. The van der Waals surface area contributed by atoms with E-state index in [2.05, 4.69) is 10.1 Å². The molecule has 0 aliphatic carbocycles. The van der Waals surface area contributed by atoms with Gasteiger partial charge in [0.15, 0.2) is 0 Å². The summed E-state index contributed by atoms with van der Waals surface area (Å²) < 4.78 is 19.6. The number of nitrogens with zero attached hydrogens (tertiary/aromatic N) is 3. The molecule has 6 nitrogen and oxygen atoms in total. The normalized spacial score (nSPS) is 12.3. The smallest absolute Gasteiger partial charge is 0.139 e. The zero-order valence-corrected chi connectivity index (χ0v) is 12.4. The van der Waals surface area contributed by atoms with Crippen molar-refractivity contribution in [2.45, 2.75) is 31.0 Å². The maximum Gasteiger partial charge on any atom is 0.139 e. The molecule has 0 saturated heterocycles. The number of rotatable bonds is 6. The topological polar surface area (TPSA) is 83.0 Å². The Balaban J connectivity index is 2.22. The number of aryl methyl sites for hydroxylation is 1. The fourth-order valence-corrected chi connectivity index (χ4v) is 3.02. The van der Waals surface area contributed by atoms with Gasteiger partial charge in [-0.2, -0.15) is 5.10 Å². The number of nitrogens with two attached hydrogens (primary N) is 1. The lowest BCUT2D eigenvalue weighted by molar-refractivity contribution is 0.339. The van der Waals surface area contributed by atoms with Crippen molar-refractivity contribution in [1.82, 2.24) is 14.8 Å². The summed E-state index contributed by atoms with van der Waals surface area (Å²) in [6, 6.07) is 5.21. The Morgan fingerprint density at radius 3 is 2.90 bits per heavy atom. The second-order valence-electron chi connectivity index (χ2n) is 4.11. The first-order chi connectivity index (χ1) is 9.65. The molecule has 1 unspecified atom stereocenters. The minimum absolute atomic E-state index is 0.285. The molecule has 7 heteroatoms. The monoisotopic (exact) mass is 294 g/mol. The number of aromatic nitrogens is 3. The Morgan fingerprint density at radius 1 is 1.40 bits per heavy atom. The number of anilines is 1. The number of hydrogen-bond donors (Lipinski definition) is 1. The zero-order chi connectivity index (χ0) is 14.5. The SMILES string of the molecule is CCOc1ccc(N)c(S(=O)Cc2ncnn2CC)c1. The van der Waals surface area contributed by atoms with Crippen LogP contribution in [0.5, 0.6) is 5.75 Å². The van der Waals surface area contributed by atoms with Crippen LogP contribution in [0, 0.1) is 0 Å². The maximum absolute atomic E-state index is 12.5. The third-order valence-electron chi connectivity index (χ3n) is 2.80. The number of nitrogen functional groups attached to an aromatic ring is 1. The first-order valence-corrected chi connectivity index (χ1v) is 7.75. The molecule has 108 valence electrons. The summed E-state index contributed by atoms with van der Waals surface area (Å²) in [5, 5.41) is 4.07. The quantitative estimate of drug-likeness (QED) is 0.818. The van der Waals surface area contributed by atoms with Gasteiger partial charge in [0.05, 0.1) is 28.1 Å². The average Bonchev–Trinajstić information content (AvgIpc) is 2.88. The van der Waals surface area contributed by atoms with E-state index >= 15 is 0 Å². The first kappa shape index (κ1) is 14.5. The van der Waals surface area contributed by atoms with Crippen molar-refractivity contribution in [3.8, 4) is 5.75 Å². The van der Waals surface area contributed by atoms with Gasteiger partial charge in [0, 0.05) is 12.2 Å². The molecule has 20 heavy (non-hydrogen) atoms. The van der Waals surface area contributed by atoms with Crippen LogP contribution in [-0.2, 0) is 23.1 Å². The average molecular weight is 294 g/mol. The van der Waals surface area contributed by atoms with Crippen LogP contribution >= 0.6 is 0 Å². The van der Waals surface area contributed by atoms with E-state index in [1.807, 2.05) is 13.8 Å². The molecular weight excluding hydrogens is 276 g/mol. The first-order valence-electron chi connectivity index (χ1n) is 6.43. The lowest BCUT2D eigenvalue weighted by atomic mass is 10.3. The molecular formula is C13H18N4O2S. The third kappa shape index (κ3) is 3.16. The predicted molar refractivity (Wildman–Crippen MR) is 77.8 cm³/mol. The lowest BCUT2D eigenvalue weighted by Crippen LogP contribution is -2.08. The molecule has 1 heterocycles. The maximum atomic E-state index is 12.5. The second kappa shape index (κ2) is 6.51. The molecule has 1 atom stereocenters. The van der Waals surface area contributed by atoms with E-state index < -0.39 is 10.8 Å². The van der Waals surface area contributed by atoms with Crippen LogP contribution in [0.15, 0.2) is 29.4 Å². The highest BCUT2D eigenvalue weighted by molar-refractivity contribution is 7.84. The van der Waals surface area contributed by atoms with Gasteiger partial charge in [0.1, 0.15) is 17.9 Å². The fraction of sp³-hybridized carbons (Fsp3) is 0.385. The van der Waals surface area contributed by atoms with E-state index in [9.17, 15) is 4.21 Å². The summed E-state index contributed by atoms with van der Waals surface area (Å²) in [5.41, 5.74) is 6.39. The van der Waals surface area contributed by atoms with Crippen LogP contribution in [-0.4, -0.2) is 25.6 Å². The van der Waals surface area contributed by atoms with E-state index in [4.69, 9.17) is 10.5 Å². The van der Waals surface area contributed by atoms with Gasteiger partial charge in [0.25, 0.3) is 0 Å². The summed E-state index contributed by atoms with van der Waals surface area (Å²) in [6.45, 7) is 5.11. The molecule has 1 aromatic carbocycles. The van der Waals surface area contributed by atoms with Crippen LogP contribution in [0.3, 0.4) is 0 Å². The summed E-state index contributed by atoms with van der Waals surface area (Å²) in [7, 11) is -1.28. The van der Waals surface area contributed by atoms with Crippen LogP contribution in [0.25, 0.3) is 0 Å². The number of ether oxygens (including phenoxy) is 1. The second-order valence-corrected chi connectivity index (χ2v) is 5.53. The Hall–Kier alpha value is -1.89. The molecule has 0 saturated carbocycles. The van der Waals surface area contributed by atoms with Crippen LogP contribution in [0.4, 0.5) is 5.69 Å². The standard InChI is InChI=1S/C13H18N4O2S/c1-3-17-13(15-9-16-17)8-20(18)12-7-10(19-4-2)5-6-11(12)14/h5-7,9H,3-4,8,14H2,1-2H3. The van der Waals surface area contributed by atoms with Crippen molar-refractivity contribution in [2.24, 2.45) is 0 Å². The molecule has 0 fully saturated rings. The number of benzene rings is 1. The minimum Gasteiger partial charge on any atom is -0.494 e. The largest absolute Gasteiger partial charge is 0.494 e. The molecule has 1 aromatic heterocycles. The van der Waals surface area contributed by atoms with Crippen molar-refractivity contribution in [1.29, 1.82) is 0 Å². The molecule has 0 spiro atoms. The van der Waals surface area contributed by atoms with Crippen molar-refractivity contribution in [2.75, 3.05) is 12.3 Å². The predicted octanol–water partition coefficient (Wildman–Crippen LogP) is 1.59. The molecule has 2 aromatic rings. The third-order valence-corrected chi connectivity index (χ3v) is 4.16. The van der Waals surface area contributed by atoms with Gasteiger partial charge in [-0.1, -0.05) is 0 Å². The van der Waals surface area contributed by atoms with Crippen LogP contribution < -0.4 is 10.5 Å². The van der Waals surface area contributed by atoms with E-state index in [1.54, 1.807) is 22.9 Å². The van der Waals surface area contributed by atoms with Crippen LogP contribution in [0.1, 0.15) is 19.7 Å². The van der Waals surface area contributed by atoms with E-state index in [-0.39, 0.29) is 5.75 Å². The van der Waals surface area contributed by atoms with Gasteiger partial charge in [-0.15, -0.1) is 0 Å². The molecule has 0 amide bonds. The van der Waals surface area contributed by atoms with Gasteiger partial charge < -0.3 is 10.5 Å². The van der Waals surface area contributed by atoms with Gasteiger partial charge >= 0.3 is 0 Å². The van der Waals surface area contributed by atoms with Gasteiger partial charge in [-0.25, -0.2) is 9.67 Å². The fourth-order valence-electron chi connectivity index (χ4n) is 1.83. The molecule has 2 rings (SSSR count). The van der Waals surface area contributed by atoms with Gasteiger partial charge in [0.2, 0.25) is 0 Å². The summed E-state index contributed by atoms with van der Waals surface area (Å²) >= 11 is 0. The van der Waals surface area contributed by atoms with E-state index in [0.717, 1.165) is 0 Å². The van der Waals surface area contributed by atoms with Crippen molar-refractivity contribution < 1.29 is 8.95 Å². The molecule has 0 aliphatic rings.